The number of hydrogen-bond donors (Lipinski definition) is 1. The summed E-state index contributed by atoms with van der Waals surface area (Å²) in [6, 6.07) is 15.4. The van der Waals surface area contributed by atoms with Crippen molar-refractivity contribution in [1.29, 1.82) is 0 Å². The van der Waals surface area contributed by atoms with Gasteiger partial charge in [-0.25, -0.2) is 4.39 Å². The van der Waals surface area contributed by atoms with Crippen molar-refractivity contribution in [1.82, 2.24) is 0 Å². The Balaban J connectivity index is 1.76. The topological polar surface area (TPSA) is 60.7 Å². The number of hydrogen-bond acceptors (Lipinski definition) is 4. The monoisotopic (exact) mass is 459 g/mol. The van der Waals surface area contributed by atoms with E-state index >= 15 is 0 Å². The van der Waals surface area contributed by atoms with Gasteiger partial charge in [-0.3, -0.25) is 4.79 Å². The minimum Gasteiger partial charge on any atom is -0.497 e. The van der Waals surface area contributed by atoms with Crippen LogP contribution in [0.3, 0.4) is 0 Å². The third-order valence-electron chi connectivity index (χ3n) is 5.62. The van der Waals surface area contributed by atoms with Crippen LogP contribution in [0.15, 0.2) is 71.4 Å². The standard InChI is InChI=1S/C28H26FNO4/c1-5-33-27-18(3)28-24(25(16-34-28)19-6-12-22(32-4)13-7-19)15-23(27)17(2)14-26(31)30-21-10-8-20(29)9-11-21/h6-16H,5H2,1-4H3,(H,30,31)/b17-14+. The molecule has 0 radical (unpaired) electrons. The van der Waals surface area contributed by atoms with Crippen LogP contribution in [0.1, 0.15) is 25.0 Å². The molecule has 0 saturated heterocycles. The number of ether oxygens (including phenoxy) is 2. The number of rotatable bonds is 7. The van der Waals surface area contributed by atoms with Crippen LogP contribution < -0.4 is 14.8 Å². The van der Waals surface area contributed by atoms with E-state index in [1.165, 1.54) is 30.3 Å². The molecule has 0 unspecified atom stereocenters. The van der Waals surface area contributed by atoms with Gasteiger partial charge in [-0.2, -0.15) is 0 Å². The first kappa shape index (κ1) is 23.1. The molecule has 34 heavy (non-hydrogen) atoms. The predicted octanol–water partition coefficient (Wildman–Crippen LogP) is 7.00. The van der Waals surface area contributed by atoms with E-state index < -0.39 is 0 Å². The van der Waals surface area contributed by atoms with Gasteiger partial charge in [0.15, 0.2) is 0 Å². The van der Waals surface area contributed by atoms with Crippen molar-refractivity contribution >= 4 is 28.1 Å². The first-order valence-electron chi connectivity index (χ1n) is 11.0. The van der Waals surface area contributed by atoms with Crippen molar-refractivity contribution in [3.05, 3.63) is 83.9 Å². The van der Waals surface area contributed by atoms with E-state index in [0.29, 0.717) is 18.0 Å². The molecule has 1 amide bonds. The molecule has 4 rings (SSSR count). The number of allylic oxidation sites excluding steroid dienone is 1. The van der Waals surface area contributed by atoms with Crippen molar-refractivity contribution in [3.8, 4) is 22.6 Å². The summed E-state index contributed by atoms with van der Waals surface area (Å²) < 4.78 is 30.3. The highest BCUT2D eigenvalue weighted by molar-refractivity contribution is 6.06. The zero-order valence-corrected chi connectivity index (χ0v) is 19.6. The molecule has 0 saturated carbocycles. The van der Waals surface area contributed by atoms with Gasteiger partial charge >= 0.3 is 0 Å². The fourth-order valence-electron chi connectivity index (χ4n) is 3.92. The molecule has 0 bridgehead atoms. The summed E-state index contributed by atoms with van der Waals surface area (Å²) in [6.07, 6.45) is 3.25. The minimum atomic E-state index is -0.359. The van der Waals surface area contributed by atoms with Gasteiger partial charge in [-0.05, 0) is 74.4 Å². The fraction of sp³-hybridized carbons (Fsp3) is 0.179. The van der Waals surface area contributed by atoms with E-state index in [9.17, 15) is 9.18 Å². The Labute approximate surface area is 197 Å². The number of aryl methyl sites for hydroxylation is 1. The summed E-state index contributed by atoms with van der Waals surface area (Å²) in [5, 5.41) is 3.69. The molecule has 0 spiro atoms. The van der Waals surface area contributed by atoms with E-state index in [-0.39, 0.29) is 11.7 Å². The smallest absolute Gasteiger partial charge is 0.248 e. The molecule has 0 aliphatic carbocycles. The molecule has 0 aliphatic heterocycles. The average molecular weight is 460 g/mol. The van der Waals surface area contributed by atoms with E-state index in [1.54, 1.807) is 13.4 Å². The summed E-state index contributed by atoms with van der Waals surface area (Å²) in [6.45, 7) is 6.20. The molecule has 174 valence electrons. The van der Waals surface area contributed by atoms with E-state index in [2.05, 4.69) is 5.32 Å². The van der Waals surface area contributed by atoms with Crippen LogP contribution in [0.2, 0.25) is 0 Å². The Bertz CT molecular complexity index is 1350. The number of halogens is 1. The molecular formula is C28H26FNO4. The van der Waals surface area contributed by atoms with Gasteiger partial charge < -0.3 is 19.2 Å². The number of nitrogens with one attached hydrogen (secondary N) is 1. The van der Waals surface area contributed by atoms with Crippen LogP contribution in [0.5, 0.6) is 11.5 Å². The highest BCUT2D eigenvalue weighted by Gasteiger charge is 2.19. The lowest BCUT2D eigenvalue weighted by atomic mass is 9.96. The lowest BCUT2D eigenvalue weighted by molar-refractivity contribution is -0.111. The summed E-state index contributed by atoms with van der Waals surface area (Å²) >= 11 is 0. The third kappa shape index (κ3) is 4.66. The first-order chi connectivity index (χ1) is 16.4. The first-order valence-corrected chi connectivity index (χ1v) is 11.0. The van der Waals surface area contributed by atoms with Crippen molar-refractivity contribution in [3.63, 3.8) is 0 Å². The van der Waals surface area contributed by atoms with Crippen LogP contribution in [0, 0.1) is 12.7 Å². The number of furan rings is 1. The van der Waals surface area contributed by atoms with Gasteiger partial charge in [0.25, 0.3) is 0 Å². The Kier molecular flexibility index (Phi) is 6.68. The second-order valence-electron chi connectivity index (χ2n) is 7.89. The van der Waals surface area contributed by atoms with E-state index in [1.807, 2.05) is 51.1 Å². The maximum absolute atomic E-state index is 13.2. The average Bonchev–Trinajstić information content (AvgIpc) is 3.26. The molecule has 4 aromatic rings. The van der Waals surface area contributed by atoms with E-state index in [0.717, 1.165) is 44.5 Å². The number of anilines is 1. The Morgan fingerprint density at radius 2 is 1.82 bits per heavy atom. The van der Waals surface area contributed by atoms with Crippen LogP contribution >= 0.6 is 0 Å². The highest BCUT2D eigenvalue weighted by Crippen LogP contribution is 2.41. The number of amides is 1. The second kappa shape index (κ2) is 9.83. The minimum absolute atomic E-state index is 0.313. The summed E-state index contributed by atoms with van der Waals surface area (Å²) in [4.78, 5) is 12.6. The van der Waals surface area contributed by atoms with Gasteiger partial charge in [-0.1, -0.05) is 12.1 Å². The Morgan fingerprint density at radius 3 is 2.47 bits per heavy atom. The molecule has 3 aromatic carbocycles. The molecule has 5 nitrogen and oxygen atoms in total. The van der Waals surface area contributed by atoms with Crippen LogP contribution in [-0.2, 0) is 4.79 Å². The zero-order valence-electron chi connectivity index (χ0n) is 19.6. The highest BCUT2D eigenvalue weighted by atomic mass is 19.1. The van der Waals surface area contributed by atoms with Gasteiger partial charge in [0.2, 0.25) is 5.91 Å². The van der Waals surface area contributed by atoms with Crippen molar-refractivity contribution in [2.45, 2.75) is 20.8 Å². The van der Waals surface area contributed by atoms with E-state index in [4.69, 9.17) is 13.9 Å². The molecule has 6 heteroatoms. The number of methoxy groups -OCH3 is 1. The van der Waals surface area contributed by atoms with Gasteiger partial charge in [-0.15, -0.1) is 0 Å². The third-order valence-corrected chi connectivity index (χ3v) is 5.62. The van der Waals surface area contributed by atoms with Gasteiger partial charge in [0.05, 0.1) is 20.0 Å². The maximum Gasteiger partial charge on any atom is 0.248 e. The zero-order chi connectivity index (χ0) is 24.2. The summed E-state index contributed by atoms with van der Waals surface area (Å²) in [5.41, 5.74) is 5.58. The molecule has 1 heterocycles. The number of carbonyl (C=O) groups is 1. The van der Waals surface area contributed by atoms with Gasteiger partial charge in [0.1, 0.15) is 22.9 Å². The second-order valence-corrected chi connectivity index (χ2v) is 7.89. The summed E-state index contributed by atoms with van der Waals surface area (Å²) in [5.74, 6) is 0.779. The van der Waals surface area contributed by atoms with Crippen LogP contribution in [-0.4, -0.2) is 19.6 Å². The maximum atomic E-state index is 13.2. The van der Waals surface area contributed by atoms with Crippen molar-refractivity contribution in [2.75, 3.05) is 19.0 Å². The lowest BCUT2D eigenvalue weighted by Gasteiger charge is -2.15. The molecule has 0 aliphatic rings. The SMILES string of the molecule is CCOc1c(/C(C)=C/C(=O)Nc2ccc(F)cc2)cc2c(-c3ccc(OC)cc3)coc2c1C. The Morgan fingerprint density at radius 1 is 1.12 bits per heavy atom. The lowest BCUT2D eigenvalue weighted by Crippen LogP contribution is -2.09. The molecule has 0 atom stereocenters. The quantitative estimate of drug-likeness (QED) is 0.302. The largest absolute Gasteiger partial charge is 0.497 e. The fourth-order valence-corrected chi connectivity index (χ4v) is 3.92. The number of fused-ring (bicyclic) bond motifs is 1. The number of carbonyl (C=O) groups excluding carboxylic acids is 1. The molecule has 0 fully saturated rings. The predicted molar refractivity (Wildman–Crippen MR) is 133 cm³/mol. The van der Waals surface area contributed by atoms with Crippen molar-refractivity contribution < 1.29 is 23.1 Å². The number of benzene rings is 3. The normalized spacial score (nSPS) is 11.5. The summed E-state index contributed by atoms with van der Waals surface area (Å²) in [7, 11) is 1.63. The van der Waals surface area contributed by atoms with Crippen LogP contribution in [0.4, 0.5) is 10.1 Å². The van der Waals surface area contributed by atoms with Gasteiger partial charge in [0, 0.05) is 33.8 Å². The molecular weight excluding hydrogens is 433 g/mol. The molecule has 1 aromatic heterocycles. The van der Waals surface area contributed by atoms with Crippen LogP contribution in [0.25, 0.3) is 27.7 Å². The molecule has 1 N–H and O–H groups in total. The van der Waals surface area contributed by atoms with Crippen molar-refractivity contribution in [2.24, 2.45) is 0 Å². The Hall–Kier alpha value is -4.06.